The number of allylic oxidation sites excluding steroid dienone is 3. The van der Waals surface area contributed by atoms with Crippen molar-refractivity contribution in [3.63, 3.8) is 0 Å². The largest absolute Gasteiger partial charge is 0.462 e. The fourth-order valence-corrected chi connectivity index (χ4v) is 8.71. The molecule has 3 aliphatic heterocycles. The fraction of sp³-hybridized carbons (Fsp3) is 0.727. The normalized spacial score (nSPS) is 35.2. The zero-order valence-electron chi connectivity index (χ0n) is 34.8. The highest BCUT2D eigenvalue weighted by atomic mass is 16.7. The predicted molar refractivity (Wildman–Crippen MR) is 215 cm³/mol. The van der Waals surface area contributed by atoms with Crippen molar-refractivity contribution in [2.24, 2.45) is 23.7 Å². The minimum Gasteiger partial charge on any atom is -0.462 e. The van der Waals surface area contributed by atoms with Crippen molar-refractivity contribution in [2.45, 2.75) is 135 Å². The lowest BCUT2D eigenvalue weighted by molar-refractivity contribution is -0.304. The van der Waals surface area contributed by atoms with E-state index in [1.54, 1.807) is 32.0 Å². The van der Waals surface area contributed by atoms with Crippen LogP contribution in [0.4, 0.5) is 0 Å². The van der Waals surface area contributed by atoms with Crippen molar-refractivity contribution in [1.82, 2.24) is 14.7 Å². The summed E-state index contributed by atoms with van der Waals surface area (Å²) in [6.07, 6.45) is 4.53. The van der Waals surface area contributed by atoms with Crippen molar-refractivity contribution in [1.29, 1.82) is 0 Å². The smallest absolute Gasteiger partial charge is 0.308 e. The molecule has 2 fully saturated rings. The van der Waals surface area contributed by atoms with Gasteiger partial charge >= 0.3 is 5.97 Å². The highest BCUT2D eigenvalue weighted by Gasteiger charge is 2.47. The summed E-state index contributed by atoms with van der Waals surface area (Å²) < 4.78 is 19.1. The molecule has 12 atom stereocenters. The molecule has 3 aliphatic rings. The molecule has 0 radical (unpaired) electrons. The first kappa shape index (κ1) is 45.2. The van der Waals surface area contributed by atoms with Crippen LogP contribution in [0.25, 0.3) is 0 Å². The van der Waals surface area contributed by atoms with E-state index >= 15 is 0 Å². The van der Waals surface area contributed by atoms with Gasteiger partial charge in [-0.2, -0.15) is 0 Å². The standard InChI is InChI=1S/C44H71N3O8/c1-9-38-35(28-46(8)27-33-16-12-10-13-17-33)24-29(2)18-19-36(48)30(3)25-34(20-23-47-21-14-11-15-22-47)43(31(4)37(49)26-39(50)54-38)55-44-42(52)40(45(6)7)41(51)32(5)53-44/h10,12-13,16-19,24,30-32,34-35,37-38,40-44,49,51-52H,9,11,14-15,20-23,25-28H2,1-8H3/t30?,31?,32-,34?,35?,37?,38?,40+,41-,42-,43?,44+/m1/s1. The monoisotopic (exact) mass is 770 g/mol. The molecule has 0 aliphatic carbocycles. The second kappa shape index (κ2) is 21.9. The number of aliphatic hydroxyl groups is 3. The number of piperidine rings is 1. The highest BCUT2D eigenvalue weighted by molar-refractivity contribution is 5.91. The number of carbonyl (C=O) groups is 2. The number of esters is 1. The summed E-state index contributed by atoms with van der Waals surface area (Å²) in [7, 11) is 5.64. The van der Waals surface area contributed by atoms with E-state index in [1.807, 2.05) is 59.0 Å². The van der Waals surface area contributed by atoms with Gasteiger partial charge in [-0.1, -0.05) is 75.2 Å². The Morgan fingerprint density at radius 2 is 1.64 bits per heavy atom. The number of aliphatic hydroxyl groups excluding tert-OH is 3. The minimum absolute atomic E-state index is 0.00403. The first-order valence-corrected chi connectivity index (χ1v) is 20.7. The van der Waals surface area contributed by atoms with Crippen molar-refractivity contribution < 1.29 is 39.1 Å². The van der Waals surface area contributed by atoms with Gasteiger partial charge in [0.2, 0.25) is 0 Å². The lowest BCUT2D eigenvalue weighted by Crippen LogP contribution is -2.63. The molecule has 310 valence electrons. The Balaban J connectivity index is 1.67. The van der Waals surface area contributed by atoms with Crippen molar-refractivity contribution in [2.75, 3.05) is 47.3 Å². The lowest BCUT2D eigenvalue weighted by atomic mass is 9.79. The number of cyclic esters (lactones) is 1. The van der Waals surface area contributed by atoms with Crippen molar-refractivity contribution in [3.05, 3.63) is 59.7 Å². The summed E-state index contributed by atoms with van der Waals surface area (Å²) in [6, 6.07) is 9.58. The number of rotatable bonds is 11. The van der Waals surface area contributed by atoms with E-state index in [2.05, 4.69) is 28.0 Å². The van der Waals surface area contributed by atoms with Crippen molar-refractivity contribution >= 4 is 11.8 Å². The van der Waals surface area contributed by atoms with Crippen LogP contribution < -0.4 is 0 Å². The Labute approximate surface area is 330 Å². The number of nitrogens with zero attached hydrogens (tertiary/aromatic N) is 3. The lowest BCUT2D eigenvalue weighted by Gasteiger charge is -2.47. The van der Waals surface area contributed by atoms with Crippen molar-refractivity contribution in [3.8, 4) is 0 Å². The van der Waals surface area contributed by atoms with Crippen LogP contribution in [-0.4, -0.2) is 138 Å². The van der Waals surface area contributed by atoms with Gasteiger partial charge < -0.3 is 44.2 Å². The van der Waals surface area contributed by atoms with Gasteiger partial charge in [-0.05, 0) is 104 Å². The first-order valence-electron chi connectivity index (χ1n) is 20.7. The molecule has 0 amide bonds. The second-order valence-corrected chi connectivity index (χ2v) is 16.9. The molecular weight excluding hydrogens is 698 g/mol. The Bertz CT molecular complexity index is 1380. The Hall–Kier alpha value is -2.48. The van der Waals surface area contributed by atoms with Crippen LogP contribution in [0.2, 0.25) is 0 Å². The van der Waals surface area contributed by atoms with Crippen LogP contribution in [0.15, 0.2) is 54.1 Å². The van der Waals surface area contributed by atoms with Gasteiger partial charge in [-0.3, -0.25) is 9.59 Å². The number of benzene rings is 1. The zero-order valence-corrected chi connectivity index (χ0v) is 34.8. The molecule has 0 aromatic heterocycles. The van der Waals surface area contributed by atoms with Gasteiger partial charge in [0, 0.05) is 30.8 Å². The third-order valence-electron chi connectivity index (χ3n) is 12.0. The number of hydrogen-bond acceptors (Lipinski definition) is 11. The maximum atomic E-state index is 13.8. The van der Waals surface area contributed by atoms with E-state index in [-0.39, 0.29) is 30.0 Å². The maximum Gasteiger partial charge on any atom is 0.308 e. The van der Waals surface area contributed by atoms with E-state index in [0.29, 0.717) is 25.8 Å². The summed E-state index contributed by atoms with van der Waals surface area (Å²) in [5, 5.41) is 34.3. The molecular formula is C44H71N3O8. The molecule has 55 heavy (non-hydrogen) atoms. The number of hydrogen-bond donors (Lipinski definition) is 3. The molecule has 0 spiro atoms. The topological polar surface area (TPSA) is 132 Å². The quantitative estimate of drug-likeness (QED) is 0.268. The van der Waals surface area contributed by atoms with Gasteiger partial charge in [0.1, 0.15) is 12.2 Å². The van der Waals surface area contributed by atoms with E-state index in [9.17, 15) is 24.9 Å². The van der Waals surface area contributed by atoms with Gasteiger partial charge in [0.05, 0.1) is 36.9 Å². The van der Waals surface area contributed by atoms with Crippen LogP contribution in [-0.2, 0) is 30.3 Å². The van der Waals surface area contributed by atoms with Crippen LogP contribution in [0.5, 0.6) is 0 Å². The van der Waals surface area contributed by atoms with Gasteiger partial charge in [0.25, 0.3) is 0 Å². The SMILES string of the molecule is CCC1OC(=O)CC(O)C(C)C(O[C@@H]2O[C@H](C)[C@@H](O)[C@H](N(C)C)[C@H]2O)C(CCN2CCCCC2)CC(C)C(=O)C=CC(C)=CC1CN(C)Cc1ccccc1. The molecule has 3 N–H and O–H groups in total. The zero-order chi connectivity index (χ0) is 40.2. The summed E-state index contributed by atoms with van der Waals surface area (Å²) >= 11 is 0. The molecule has 0 saturated carbocycles. The molecule has 1 aromatic rings. The summed E-state index contributed by atoms with van der Waals surface area (Å²) in [4.78, 5) is 34.0. The number of likely N-dealkylation sites (tertiary alicyclic amines) is 1. The molecule has 4 rings (SSSR count). The Morgan fingerprint density at radius 1 is 0.945 bits per heavy atom. The maximum absolute atomic E-state index is 13.8. The van der Waals surface area contributed by atoms with Gasteiger partial charge in [-0.15, -0.1) is 0 Å². The Morgan fingerprint density at radius 3 is 2.29 bits per heavy atom. The highest BCUT2D eigenvalue weighted by Crippen LogP contribution is 2.35. The van der Waals surface area contributed by atoms with Crippen LogP contribution in [0.3, 0.4) is 0 Å². The van der Waals surface area contributed by atoms with E-state index in [0.717, 1.165) is 44.6 Å². The third kappa shape index (κ3) is 13.3. The number of carbonyl (C=O) groups excluding carboxylic acids is 2. The predicted octanol–water partition coefficient (Wildman–Crippen LogP) is 4.83. The van der Waals surface area contributed by atoms with Gasteiger partial charge in [-0.25, -0.2) is 0 Å². The van der Waals surface area contributed by atoms with Crippen LogP contribution >= 0.6 is 0 Å². The summed E-state index contributed by atoms with van der Waals surface area (Å²) in [6.45, 7) is 13.7. The molecule has 1 aromatic carbocycles. The second-order valence-electron chi connectivity index (χ2n) is 16.9. The number of ketones is 1. The Kier molecular flexibility index (Phi) is 18.0. The number of ether oxygens (including phenoxy) is 3. The third-order valence-corrected chi connectivity index (χ3v) is 12.0. The molecule has 0 bridgehead atoms. The average molecular weight is 770 g/mol. The van der Waals surface area contributed by atoms with Gasteiger partial charge in [0.15, 0.2) is 12.1 Å². The molecule has 2 saturated heterocycles. The number of likely N-dealkylation sites (N-methyl/N-ethyl adjacent to an activating group) is 1. The van der Waals surface area contributed by atoms with Crippen LogP contribution in [0, 0.1) is 23.7 Å². The van der Waals surface area contributed by atoms with E-state index in [4.69, 9.17) is 14.2 Å². The summed E-state index contributed by atoms with van der Waals surface area (Å²) in [5.41, 5.74) is 2.09. The summed E-state index contributed by atoms with van der Waals surface area (Å²) in [5.74, 6) is -1.80. The molecule has 11 nitrogen and oxygen atoms in total. The van der Waals surface area contributed by atoms with E-state index < -0.39 is 60.8 Å². The van der Waals surface area contributed by atoms with E-state index in [1.165, 1.54) is 12.0 Å². The molecule has 7 unspecified atom stereocenters. The minimum atomic E-state index is -1.18. The average Bonchev–Trinajstić information content (AvgIpc) is 3.15. The first-order chi connectivity index (χ1) is 26.2. The molecule has 3 heterocycles. The molecule has 11 heteroatoms. The fourth-order valence-electron chi connectivity index (χ4n) is 8.71. The van der Waals surface area contributed by atoms with Crippen LogP contribution in [0.1, 0.15) is 85.1 Å².